The van der Waals surface area contributed by atoms with E-state index >= 15 is 0 Å². The van der Waals surface area contributed by atoms with Gasteiger partial charge >= 0.3 is 0 Å². The number of amides is 1. The molecule has 23 heavy (non-hydrogen) atoms. The second kappa shape index (κ2) is 7.64. The van der Waals surface area contributed by atoms with Gasteiger partial charge in [-0.25, -0.2) is 0 Å². The van der Waals surface area contributed by atoms with Crippen molar-refractivity contribution < 1.29 is 9.90 Å². The average molecular weight is 373 g/mol. The van der Waals surface area contributed by atoms with Crippen LogP contribution in [0, 0.1) is 0 Å². The lowest BCUT2D eigenvalue weighted by Gasteiger charge is -2.42. The van der Waals surface area contributed by atoms with Gasteiger partial charge in [0.25, 0.3) is 5.91 Å². The molecular formula is C16H18Cl2N2O2S. The van der Waals surface area contributed by atoms with Crippen LogP contribution >= 0.6 is 35.3 Å². The monoisotopic (exact) mass is 372 g/mol. The van der Waals surface area contributed by atoms with E-state index in [4.69, 9.17) is 11.6 Å². The number of β-amino-alcohol motifs (C(OH)–C–C–N with tert-alkyl or cyclic N) is 1. The van der Waals surface area contributed by atoms with Gasteiger partial charge in [-0.15, -0.1) is 23.7 Å². The summed E-state index contributed by atoms with van der Waals surface area (Å²) >= 11 is 7.14. The summed E-state index contributed by atoms with van der Waals surface area (Å²) in [5, 5.41) is 16.8. The molecule has 0 spiro atoms. The molecule has 0 unspecified atom stereocenters. The Labute approximate surface area is 150 Å². The number of benzene rings is 1. The van der Waals surface area contributed by atoms with Gasteiger partial charge in [0.05, 0.1) is 20.9 Å². The minimum atomic E-state index is -0.778. The fourth-order valence-electron chi connectivity index (χ4n) is 2.86. The van der Waals surface area contributed by atoms with Crippen molar-refractivity contribution in [2.24, 2.45) is 0 Å². The highest BCUT2D eigenvalue weighted by Gasteiger charge is 2.43. The van der Waals surface area contributed by atoms with Crippen LogP contribution in [0.4, 0.5) is 0 Å². The molecule has 2 heterocycles. The van der Waals surface area contributed by atoms with E-state index in [-0.39, 0.29) is 18.3 Å². The number of rotatable bonds is 3. The first-order valence-corrected chi connectivity index (χ1v) is 8.33. The summed E-state index contributed by atoms with van der Waals surface area (Å²) < 4.78 is 0.574. The molecule has 0 aliphatic carbocycles. The molecule has 3 rings (SSSR count). The van der Waals surface area contributed by atoms with Crippen molar-refractivity contribution in [3.8, 4) is 0 Å². The number of thiophene rings is 1. The molecule has 0 saturated carbocycles. The molecule has 0 bridgehead atoms. The van der Waals surface area contributed by atoms with Gasteiger partial charge in [0.15, 0.2) is 0 Å². The van der Waals surface area contributed by atoms with Crippen LogP contribution in [0.2, 0.25) is 4.34 Å². The van der Waals surface area contributed by atoms with Gasteiger partial charge in [-0.05, 0) is 30.7 Å². The second-order valence-electron chi connectivity index (χ2n) is 5.37. The Hall–Kier alpha value is -1.11. The first-order valence-electron chi connectivity index (χ1n) is 7.14. The van der Waals surface area contributed by atoms with E-state index in [1.54, 1.807) is 12.1 Å². The molecule has 124 valence electrons. The van der Waals surface area contributed by atoms with E-state index in [0.29, 0.717) is 22.2 Å². The number of halogens is 2. The highest BCUT2D eigenvalue weighted by Crippen LogP contribution is 2.32. The van der Waals surface area contributed by atoms with Crippen molar-refractivity contribution in [2.75, 3.05) is 13.1 Å². The number of aliphatic hydroxyl groups excluding tert-OH is 1. The Balaban J connectivity index is 0.00000192. The van der Waals surface area contributed by atoms with E-state index < -0.39 is 11.6 Å². The fourth-order valence-corrected chi connectivity index (χ4v) is 3.79. The zero-order chi connectivity index (χ0) is 15.6. The van der Waals surface area contributed by atoms with E-state index in [2.05, 4.69) is 10.6 Å². The normalized spacial score (nSPS) is 23.8. The van der Waals surface area contributed by atoms with Crippen molar-refractivity contribution in [1.82, 2.24) is 10.6 Å². The molecule has 2 atom stereocenters. The van der Waals surface area contributed by atoms with Crippen LogP contribution in [0.5, 0.6) is 0 Å². The standard InChI is InChI=1S/C16H17ClN2O2S.ClH/c17-14-7-6-12(22-14)15(21)19-16(8-9-18-10-13(16)20)11-4-2-1-3-5-11;/h1-7,13,18,20H,8-10H2,(H,19,21);1H/t13-,16+;/m1./s1. The first kappa shape index (κ1) is 18.2. The molecule has 1 fully saturated rings. The summed E-state index contributed by atoms with van der Waals surface area (Å²) in [6, 6.07) is 13.0. The lowest BCUT2D eigenvalue weighted by Crippen LogP contribution is -2.61. The molecule has 1 aromatic heterocycles. The molecule has 3 N–H and O–H groups in total. The number of nitrogens with one attached hydrogen (secondary N) is 2. The topological polar surface area (TPSA) is 61.4 Å². The molecule has 1 aliphatic heterocycles. The van der Waals surface area contributed by atoms with Crippen molar-refractivity contribution in [2.45, 2.75) is 18.1 Å². The molecule has 7 heteroatoms. The Bertz CT molecular complexity index is 665. The molecule has 1 saturated heterocycles. The number of hydrogen-bond acceptors (Lipinski definition) is 4. The lowest BCUT2D eigenvalue weighted by molar-refractivity contribution is 0.0291. The zero-order valence-electron chi connectivity index (χ0n) is 12.3. The number of aliphatic hydroxyl groups is 1. The molecule has 0 radical (unpaired) electrons. The molecule has 4 nitrogen and oxygen atoms in total. The van der Waals surface area contributed by atoms with Gasteiger partial charge in [0, 0.05) is 6.54 Å². The van der Waals surface area contributed by atoms with Gasteiger partial charge in [0.1, 0.15) is 0 Å². The largest absolute Gasteiger partial charge is 0.389 e. The summed E-state index contributed by atoms with van der Waals surface area (Å²) in [4.78, 5) is 13.1. The fraction of sp³-hybridized carbons (Fsp3) is 0.312. The summed E-state index contributed by atoms with van der Waals surface area (Å²) in [7, 11) is 0. The molecule has 2 aromatic rings. The Morgan fingerprint density at radius 3 is 2.65 bits per heavy atom. The van der Waals surface area contributed by atoms with E-state index in [9.17, 15) is 9.90 Å². The van der Waals surface area contributed by atoms with Crippen LogP contribution in [0.25, 0.3) is 0 Å². The zero-order valence-corrected chi connectivity index (χ0v) is 14.7. The summed E-state index contributed by atoms with van der Waals surface area (Å²) in [6.07, 6.45) is -0.0636. The van der Waals surface area contributed by atoms with Crippen molar-refractivity contribution in [3.05, 3.63) is 57.2 Å². The number of carbonyl (C=O) groups excluding carboxylic acids is 1. The number of piperidine rings is 1. The third kappa shape index (κ3) is 3.70. The van der Waals surface area contributed by atoms with E-state index in [1.165, 1.54) is 11.3 Å². The van der Waals surface area contributed by atoms with Crippen LogP contribution in [0.3, 0.4) is 0 Å². The molecule has 1 amide bonds. The lowest BCUT2D eigenvalue weighted by atomic mass is 9.79. The third-order valence-corrected chi connectivity index (χ3v) is 5.26. The third-order valence-electron chi connectivity index (χ3n) is 4.03. The Morgan fingerprint density at radius 1 is 1.30 bits per heavy atom. The van der Waals surface area contributed by atoms with Crippen LogP contribution in [-0.4, -0.2) is 30.2 Å². The van der Waals surface area contributed by atoms with Crippen molar-refractivity contribution in [3.63, 3.8) is 0 Å². The molecular weight excluding hydrogens is 355 g/mol. The summed E-state index contributed by atoms with van der Waals surface area (Å²) in [5.41, 5.74) is 0.139. The van der Waals surface area contributed by atoms with Crippen LogP contribution < -0.4 is 10.6 Å². The Morgan fingerprint density at radius 2 is 2.04 bits per heavy atom. The maximum absolute atomic E-state index is 12.6. The average Bonchev–Trinajstić information content (AvgIpc) is 2.97. The summed E-state index contributed by atoms with van der Waals surface area (Å²) in [6.45, 7) is 1.18. The van der Waals surface area contributed by atoms with Gasteiger partial charge < -0.3 is 15.7 Å². The predicted octanol–water partition coefficient (Wildman–Crippen LogP) is 2.80. The minimum Gasteiger partial charge on any atom is -0.389 e. The van der Waals surface area contributed by atoms with Crippen LogP contribution in [-0.2, 0) is 5.54 Å². The number of hydrogen-bond donors (Lipinski definition) is 3. The van der Waals surface area contributed by atoms with Crippen molar-refractivity contribution in [1.29, 1.82) is 0 Å². The predicted molar refractivity (Wildman–Crippen MR) is 95.7 cm³/mol. The van der Waals surface area contributed by atoms with Crippen molar-refractivity contribution >= 4 is 41.3 Å². The van der Waals surface area contributed by atoms with E-state index in [1.807, 2.05) is 30.3 Å². The quantitative estimate of drug-likeness (QED) is 0.776. The summed E-state index contributed by atoms with van der Waals surface area (Å²) in [5.74, 6) is -0.207. The SMILES string of the molecule is Cl.O=C(N[C@]1(c2ccccc2)CCNC[C@H]1O)c1ccc(Cl)s1. The number of carbonyl (C=O) groups is 1. The highest BCUT2D eigenvalue weighted by molar-refractivity contribution is 7.18. The van der Waals surface area contributed by atoms with Gasteiger partial charge in [-0.3, -0.25) is 4.79 Å². The van der Waals surface area contributed by atoms with Gasteiger partial charge in [0.2, 0.25) is 0 Å². The van der Waals surface area contributed by atoms with Crippen LogP contribution in [0.1, 0.15) is 21.7 Å². The Kier molecular flexibility index (Phi) is 6.06. The second-order valence-corrected chi connectivity index (χ2v) is 7.08. The molecule has 1 aliphatic rings. The smallest absolute Gasteiger partial charge is 0.262 e. The molecule has 1 aromatic carbocycles. The maximum Gasteiger partial charge on any atom is 0.262 e. The van der Waals surface area contributed by atoms with Gasteiger partial charge in [-0.1, -0.05) is 41.9 Å². The highest BCUT2D eigenvalue weighted by atomic mass is 35.5. The van der Waals surface area contributed by atoms with Crippen LogP contribution in [0.15, 0.2) is 42.5 Å². The van der Waals surface area contributed by atoms with E-state index in [0.717, 1.165) is 12.1 Å². The minimum absolute atomic E-state index is 0. The first-order chi connectivity index (χ1) is 10.6. The van der Waals surface area contributed by atoms with Gasteiger partial charge in [-0.2, -0.15) is 0 Å². The maximum atomic E-state index is 12.6.